The van der Waals surface area contributed by atoms with Crippen molar-refractivity contribution in [2.24, 2.45) is 0 Å². The zero-order chi connectivity index (χ0) is 13.8. The van der Waals surface area contributed by atoms with Crippen LogP contribution in [0.25, 0.3) is 0 Å². The largest absolute Gasteiger partial charge is 0.480 e. The first-order valence-corrected chi connectivity index (χ1v) is 6.02. The van der Waals surface area contributed by atoms with E-state index in [4.69, 9.17) is 14.6 Å². The zero-order valence-electron chi connectivity index (χ0n) is 11.1. The second-order valence-electron chi connectivity index (χ2n) is 4.97. The highest BCUT2D eigenvalue weighted by Gasteiger charge is 2.42. The minimum absolute atomic E-state index is 0.0651. The molecule has 1 atom stereocenters. The van der Waals surface area contributed by atoms with Crippen LogP contribution in [0.5, 0.6) is 0 Å². The number of carboxylic acids is 1. The number of rotatable bonds is 7. The summed E-state index contributed by atoms with van der Waals surface area (Å²) in [7, 11) is 1.62. The normalized spacial score (nSPS) is 19.2. The molecule has 1 N–H and O–H groups in total. The van der Waals surface area contributed by atoms with Crippen molar-refractivity contribution in [3.63, 3.8) is 0 Å². The van der Waals surface area contributed by atoms with E-state index < -0.39 is 11.6 Å². The number of amides is 1. The fraction of sp³-hybridized carbons (Fsp3) is 0.833. The molecule has 1 aliphatic heterocycles. The summed E-state index contributed by atoms with van der Waals surface area (Å²) < 4.78 is 10.3. The smallest absolute Gasteiger partial charge is 0.329 e. The standard InChI is InChI=1S/C12H21NO5/c1-9(17-3)4-5-10(14)13-7-12(2,8-13)18-6-11(15)16/h9H,4-8H2,1-3H3,(H,15,16). The van der Waals surface area contributed by atoms with Gasteiger partial charge in [-0.25, -0.2) is 4.79 Å². The van der Waals surface area contributed by atoms with E-state index in [-0.39, 0.29) is 18.6 Å². The Morgan fingerprint density at radius 3 is 2.56 bits per heavy atom. The maximum Gasteiger partial charge on any atom is 0.329 e. The molecule has 6 nitrogen and oxygen atoms in total. The molecule has 0 bridgehead atoms. The topological polar surface area (TPSA) is 76.1 Å². The van der Waals surface area contributed by atoms with Gasteiger partial charge in [0, 0.05) is 13.5 Å². The second-order valence-corrected chi connectivity index (χ2v) is 4.97. The lowest BCUT2D eigenvalue weighted by Crippen LogP contribution is -2.63. The van der Waals surface area contributed by atoms with Gasteiger partial charge >= 0.3 is 5.97 Å². The van der Waals surface area contributed by atoms with Gasteiger partial charge in [0.2, 0.25) is 5.91 Å². The van der Waals surface area contributed by atoms with Gasteiger partial charge in [0.15, 0.2) is 0 Å². The number of carboxylic acid groups (broad SMARTS) is 1. The van der Waals surface area contributed by atoms with Gasteiger partial charge < -0.3 is 19.5 Å². The maximum absolute atomic E-state index is 11.8. The van der Waals surface area contributed by atoms with Gasteiger partial charge in [0.1, 0.15) is 12.2 Å². The van der Waals surface area contributed by atoms with E-state index in [0.717, 1.165) is 0 Å². The van der Waals surface area contributed by atoms with Crippen molar-refractivity contribution in [2.45, 2.75) is 38.4 Å². The van der Waals surface area contributed by atoms with Crippen LogP contribution in [0.1, 0.15) is 26.7 Å². The molecule has 1 heterocycles. The number of nitrogens with zero attached hydrogens (tertiary/aromatic N) is 1. The van der Waals surface area contributed by atoms with Crippen molar-refractivity contribution in [1.82, 2.24) is 4.90 Å². The molecule has 1 rings (SSSR count). The zero-order valence-corrected chi connectivity index (χ0v) is 11.1. The number of carbonyl (C=O) groups is 2. The van der Waals surface area contributed by atoms with E-state index in [1.807, 2.05) is 13.8 Å². The molecule has 0 saturated carbocycles. The Hall–Kier alpha value is -1.14. The summed E-state index contributed by atoms with van der Waals surface area (Å²) in [6.07, 6.45) is 1.22. The highest BCUT2D eigenvalue weighted by molar-refractivity contribution is 5.77. The summed E-state index contributed by atoms with van der Waals surface area (Å²) in [4.78, 5) is 23.8. The first-order chi connectivity index (χ1) is 8.36. The molecular formula is C12H21NO5. The van der Waals surface area contributed by atoms with E-state index >= 15 is 0 Å². The van der Waals surface area contributed by atoms with Crippen LogP contribution in [-0.2, 0) is 19.1 Å². The molecule has 18 heavy (non-hydrogen) atoms. The lowest BCUT2D eigenvalue weighted by atomic mass is 9.95. The number of methoxy groups -OCH3 is 1. The summed E-state index contributed by atoms with van der Waals surface area (Å²) in [5, 5.41) is 8.52. The van der Waals surface area contributed by atoms with Crippen molar-refractivity contribution in [1.29, 1.82) is 0 Å². The Bertz CT molecular complexity index is 312. The summed E-state index contributed by atoms with van der Waals surface area (Å²) in [5.41, 5.74) is -0.513. The molecule has 1 unspecified atom stereocenters. The fourth-order valence-electron chi connectivity index (χ4n) is 1.87. The number of likely N-dealkylation sites (tertiary alicyclic amines) is 1. The predicted molar refractivity (Wildman–Crippen MR) is 64.3 cm³/mol. The van der Waals surface area contributed by atoms with Gasteiger partial charge in [0.25, 0.3) is 0 Å². The molecule has 104 valence electrons. The van der Waals surface area contributed by atoms with Gasteiger partial charge in [-0.05, 0) is 20.3 Å². The molecule has 0 aromatic rings. The second kappa shape index (κ2) is 6.15. The molecule has 6 heteroatoms. The van der Waals surface area contributed by atoms with Crippen molar-refractivity contribution < 1.29 is 24.2 Å². The first-order valence-electron chi connectivity index (χ1n) is 6.02. The molecule has 1 amide bonds. The number of carbonyl (C=O) groups excluding carboxylic acids is 1. The van der Waals surface area contributed by atoms with Crippen LogP contribution in [-0.4, -0.2) is 60.4 Å². The highest BCUT2D eigenvalue weighted by atomic mass is 16.5. The lowest BCUT2D eigenvalue weighted by Gasteiger charge is -2.47. The molecule has 0 aromatic heterocycles. The molecule has 1 aliphatic rings. The molecule has 0 radical (unpaired) electrons. The Morgan fingerprint density at radius 1 is 1.44 bits per heavy atom. The minimum atomic E-state index is -0.991. The quantitative estimate of drug-likeness (QED) is 0.720. The third kappa shape index (κ3) is 4.27. The van der Waals surface area contributed by atoms with E-state index in [9.17, 15) is 9.59 Å². The van der Waals surface area contributed by atoms with Crippen molar-refractivity contribution >= 4 is 11.9 Å². The number of ether oxygens (including phenoxy) is 2. The van der Waals surface area contributed by atoms with Gasteiger partial charge in [-0.2, -0.15) is 0 Å². The van der Waals surface area contributed by atoms with Crippen LogP contribution < -0.4 is 0 Å². The van der Waals surface area contributed by atoms with Gasteiger partial charge in [-0.1, -0.05) is 0 Å². The lowest BCUT2D eigenvalue weighted by molar-refractivity contribution is -0.173. The van der Waals surface area contributed by atoms with Gasteiger partial charge in [-0.15, -0.1) is 0 Å². The fourth-order valence-corrected chi connectivity index (χ4v) is 1.87. The van der Waals surface area contributed by atoms with Crippen LogP contribution in [0.3, 0.4) is 0 Å². The van der Waals surface area contributed by atoms with E-state index in [1.165, 1.54) is 0 Å². The SMILES string of the molecule is COC(C)CCC(=O)N1CC(C)(OCC(=O)O)C1. The van der Waals surface area contributed by atoms with Crippen LogP contribution in [0.15, 0.2) is 0 Å². The summed E-state index contributed by atoms with van der Waals surface area (Å²) in [6.45, 7) is 4.33. The van der Waals surface area contributed by atoms with E-state index in [0.29, 0.717) is 25.9 Å². The predicted octanol–water partition coefficient (Wildman–Crippen LogP) is 0.504. The average Bonchev–Trinajstić information content (AvgIpc) is 2.29. The number of aliphatic carboxylic acids is 1. The summed E-state index contributed by atoms with van der Waals surface area (Å²) in [5.74, 6) is -0.926. The van der Waals surface area contributed by atoms with Crippen LogP contribution in [0.4, 0.5) is 0 Å². The summed E-state index contributed by atoms with van der Waals surface area (Å²) >= 11 is 0. The Labute approximate surface area is 107 Å². The number of hydrogen-bond acceptors (Lipinski definition) is 4. The van der Waals surface area contributed by atoms with Crippen LogP contribution >= 0.6 is 0 Å². The summed E-state index contributed by atoms with van der Waals surface area (Å²) in [6, 6.07) is 0. The van der Waals surface area contributed by atoms with Crippen molar-refractivity contribution in [3.8, 4) is 0 Å². The van der Waals surface area contributed by atoms with E-state index in [2.05, 4.69) is 0 Å². The molecular weight excluding hydrogens is 238 g/mol. The Balaban J connectivity index is 2.24. The number of hydrogen-bond donors (Lipinski definition) is 1. The molecule has 0 aromatic carbocycles. The minimum Gasteiger partial charge on any atom is -0.480 e. The van der Waals surface area contributed by atoms with E-state index in [1.54, 1.807) is 12.0 Å². The third-order valence-corrected chi connectivity index (χ3v) is 3.11. The van der Waals surface area contributed by atoms with Gasteiger partial charge in [0.05, 0.1) is 19.2 Å². The maximum atomic E-state index is 11.8. The van der Waals surface area contributed by atoms with Crippen molar-refractivity contribution in [2.75, 3.05) is 26.8 Å². The molecule has 1 fully saturated rings. The Kier molecular flexibility index (Phi) is 5.10. The monoisotopic (exact) mass is 259 g/mol. The van der Waals surface area contributed by atoms with Crippen molar-refractivity contribution in [3.05, 3.63) is 0 Å². The third-order valence-electron chi connectivity index (χ3n) is 3.11. The first kappa shape index (κ1) is 14.9. The van der Waals surface area contributed by atoms with Crippen LogP contribution in [0.2, 0.25) is 0 Å². The molecule has 0 spiro atoms. The highest BCUT2D eigenvalue weighted by Crippen LogP contribution is 2.25. The Morgan fingerprint density at radius 2 is 2.06 bits per heavy atom. The molecule has 0 aliphatic carbocycles. The average molecular weight is 259 g/mol. The van der Waals surface area contributed by atoms with Crippen LogP contribution in [0, 0.1) is 0 Å². The molecule has 1 saturated heterocycles. The van der Waals surface area contributed by atoms with Gasteiger partial charge in [-0.3, -0.25) is 4.79 Å².